The highest BCUT2D eigenvalue weighted by Gasteiger charge is 2.57. The number of rotatable bonds is 14. The average molecular weight is 390 g/mol. The molecule has 0 spiro atoms. The smallest absolute Gasteiger partial charge is 0.380 e. The van der Waals surface area contributed by atoms with E-state index in [1.54, 1.807) is 14.2 Å². The van der Waals surface area contributed by atoms with Crippen molar-refractivity contribution in [3.8, 4) is 0 Å². The Morgan fingerprint density at radius 3 is 2.68 bits per heavy atom. The minimum Gasteiger partial charge on any atom is -0.419 e. The third kappa shape index (κ3) is 7.71. The average Bonchev–Trinajstić information content (AvgIpc) is 3.27. The van der Waals surface area contributed by atoms with Crippen LogP contribution in [0.3, 0.4) is 0 Å². The van der Waals surface area contributed by atoms with Gasteiger partial charge in [-0.3, -0.25) is 0 Å². The molecule has 1 aliphatic rings. The third-order valence-corrected chi connectivity index (χ3v) is 4.66. The van der Waals surface area contributed by atoms with Gasteiger partial charge in [0.05, 0.1) is 18.8 Å². The van der Waals surface area contributed by atoms with E-state index >= 15 is 0 Å². The lowest BCUT2D eigenvalue weighted by Gasteiger charge is -2.29. The molecule has 5 nitrogen and oxygen atoms in total. The first kappa shape index (κ1) is 23.2. The fourth-order valence-corrected chi connectivity index (χ4v) is 3.09. The molecule has 0 saturated carbocycles. The Morgan fingerprint density at radius 2 is 2.12 bits per heavy atom. The molecule has 1 saturated heterocycles. The molecule has 6 atom stereocenters. The van der Waals surface area contributed by atoms with Crippen molar-refractivity contribution in [1.29, 1.82) is 0 Å². The fraction of sp³-hybridized carbons (Fsp3) is 0.765. The van der Waals surface area contributed by atoms with Crippen molar-refractivity contribution in [1.82, 2.24) is 0 Å². The Hall–Kier alpha value is 0.125. The standard InChI is InChI=1S/C17H32BO5PS/c1-6-7-8-9-10-14(20-5)15(21-12-19-4)13(2)16-17(3,23-16)11-22-18(24)25/h6,9-10,13-16,25H,1,7-8,11-12,24H2,2-5H3/b10-9+/t13-,14+,15-,16+,17-/m0/s1. The highest BCUT2D eigenvalue weighted by molar-refractivity contribution is 8.23. The van der Waals surface area contributed by atoms with E-state index in [-0.39, 0.29) is 42.5 Å². The maximum absolute atomic E-state index is 5.93. The maximum atomic E-state index is 5.93. The van der Waals surface area contributed by atoms with Crippen molar-refractivity contribution in [2.45, 2.75) is 50.6 Å². The highest BCUT2D eigenvalue weighted by atomic mass is 32.1. The van der Waals surface area contributed by atoms with E-state index < -0.39 is 0 Å². The van der Waals surface area contributed by atoms with Crippen molar-refractivity contribution in [2.24, 2.45) is 5.92 Å². The molecule has 0 aromatic carbocycles. The minimum atomic E-state index is -0.323. The first-order valence-electron chi connectivity index (χ1n) is 8.53. The van der Waals surface area contributed by atoms with Crippen LogP contribution in [0, 0.1) is 5.92 Å². The predicted octanol–water partition coefficient (Wildman–Crippen LogP) is 3.11. The summed E-state index contributed by atoms with van der Waals surface area (Å²) >= 11 is 4.22. The summed E-state index contributed by atoms with van der Waals surface area (Å²) in [5.41, 5.74) is -0.323. The summed E-state index contributed by atoms with van der Waals surface area (Å²) in [7, 11) is 5.80. The Labute approximate surface area is 160 Å². The molecule has 1 rings (SSSR count). The largest absolute Gasteiger partial charge is 0.419 e. The van der Waals surface area contributed by atoms with Crippen molar-refractivity contribution < 1.29 is 23.6 Å². The van der Waals surface area contributed by atoms with Crippen LogP contribution in [-0.4, -0.2) is 57.4 Å². The molecule has 1 unspecified atom stereocenters. The van der Waals surface area contributed by atoms with Gasteiger partial charge in [0.2, 0.25) is 0 Å². The van der Waals surface area contributed by atoms with Crippen LogP contribution in [0.5, 0.6) is 0 Å². The molecule has 0 amide bonds. The van der Waals surface area contributed by atoms with E-state index in [4.69, 9.17) is 23.6 Å². The fourth-order valence-electron chi connectivity index (χ4n) is 2.92. The second-order valence-electron chi connectivity index (χ2n) is 6.44. The summed E-state index contributed by atoms with van der Waals surface area (Å²) < 4.78 is 28.2. The second-order valence-corrected chi connectivity index (χ2v) is 8.12. The van der Waals surface area contributed by atoms with Crippen LogP contribution in [-0.2, 0) is 23.6 Å². The molecular weight excluding hydrogens is 358 g/mol. The lowest BCUT2D eigenvalue weighted by Crippen LogP contribution is -2.40. The molecule has 144 valence electrons. The molecule has 1 fully saturated rings. The Morgan fingerprint density at radius 1 is 1.40 bits per heavy atom. The van der Waals surface area contributed by atoms with E-state index in [0.29, 0.717) is 6.61 Å². The number of hydrogen-bond donors (Lipinski definition) is 1. The number of unbranched alkanes of at least 4 members (excludes halogenated alkanes) is 1. The van der Waals surface area contributed by atoms with Crippen molar-refractivity contribution >= 4 is 27.5 Å². The summed E-state index contributed by atoms with van der Waals surface area (Å²) in [6.45, 7) is 8.59. The van der Waals surface area contributed by atoms with Crippen LogP contribution in [0.15, 0.2) is 24.8 Å². The summed E-state index contributed by atoms with van der Waals surface area (Å²) in [5.74, 6) is -0.0855. The molecule has 0 N–H and O–H groups in total. The second kappa shape index (κ2) is 11.8. The van der Waals surface area contributed by atoms with Gasteiger partial charge in [0.25, 0.3) is 0 Å². The zero-order valence-electron chi connectivity index (χ0n) is 15.7. The zero-order chi connectivity index (χ0) is 18.9. The van der Waals surface area contributed by atoms with Gasteiger partial charge in [-0.15, -0.1) is 15.7 Å². The van der Waals surface area contributed by atoms with Crippen LogP contribution in [0.1, 0.15) is 26.7 Å². The predicted molar refractivity (Wildman–Crippen MR) is 109 cm³/mol. The number of thiol groups is 1. The summed E-state index contributed by atoms with van der Waals surface area (Å²) in [4.78, 5) is 0. The van der Waals surface area contributed by atoms with Gasteiger partial charge < -0.3 is 23.6 Å². The lowest BCUT2D eigenvalue weighted by molar-refractivity contribution is -0.130. The van der Waals surface area contributed by atoms with Gasteiger partial charge in [-0.05, 0) is 19.8 Å². The number of methoxy groups -OCH3 is 2. The molecule has 0 bridgehead atoms. The quantitative estimate of drug-likeness (QED) is 0.0940. The number of ether oxygens (including phenoxy) is 4. The lowest BCUT2D eigenvalue weighted by atomic mass is 9.90. The van der Waals surface area contributed by atoms with Crippen molar-refractivity contribution in [3.63, 3.8) is 0 Å². The molecule has 25 heavy (non-hydrogen) atoms. The first-order chi connectivity index (χ1) is 11.9. The highest BCUT2D eigenvalue weighted by Crippen LogP contribution is 2.44. The van der Waals surface area contributed by atoms with Crippen LogP contribution in [0.2, 0.25) is 0 Å². The summed E-state index contributed by atoms with van der Waals surface area (Å²) in [6, 6.07) is 0. The van der Waals surface area contributed by atoms with Gasteiger partial charge in [-0.1, -0.05) is 25.2 Å². The Kier molecular flexibility index (Phi) is 10.9. The van der Waals surface area contributed by atoms with Gasteiger partial charge in [0, 0.05) is 20.1 Å². The monoisotopic (exact) mass is 390 g/mol. The van der Waals surface area contributed by atoms with E-state index in [0.717, 1.165) is 12.8 Å². The molecule has 0 aromatic rings. The van der Waals surface area contributed by atoms with Gasteiger partial charge in [0.15, 0.2) is 0 Å². The molecule has 0 aromatic heterocycles. The van der Waals surface area contributed by atoms with Crippen LogP contribution in [0.4, 0.5) is 0 Å². The number of epoxide rings is 1. The Balaban J connectivity index is 2.72. The minimum absolute atomic E-state index is 0.0330. The van der Waals surface area contributed by atoms with E-state index in [1.165, 1.54) is 0 Å². The molecular formula is C17H32BO5PS. The number of hydrogen-bond acceptors (Lipinski definition) is 6. The van der Waals surface area contributed by atoms with Gasteiger partial charge in [-0.25, -0.2) is 0 Å². The van der Waals surface area contributed by atoms with E-state index in [9.17, 15) is 0 Å². The van der Waals surface area contributed by atoms with Crippen molar-refractivity contribution in [2.75, 3.05) is 27.6 Å². The topological polar surface area (TPSA) is 49.5 Å². The van der Waals surface area contributed by atoms with Gasteiger partial charge >= 0.3 is 5.91 Å². The van der Waals surface area contributed by atoms with E-state index in [2.05, 4.69) is 41.2 Å². The molecule has 1 heterocycles. The first-order valence-corrected chi connectivity index (χ1v) is 9.72. The summed E-state index contributed by atoms with van der Waals surface area (Å²) in [6.07, 6.45) is 7.58. The zero-order valence-corrected chi connectivity index (χ0v) is 17.8. The molecule has 0 radical (unpaired) electrons. The SMILES string of the molecule is C=CCC/C=C/[C@@H](OC)[C@@H](OCOC)[C@H](C)[C@H]1O[C@@]1(C)COB(P)S. The summed E-state index contributed by atoms with van der Waals surface area (Å²) in [5, 5.41) is 0. The molecule has 1 aliphatic heterocycles. The van der Waals surface area contributed by atoms with Crippen molar-refractivity contribution in [3.05, 3.63) is 24.8 Å². The van der Waals surface area contributed by atoms with Crippen LogP contribution < -0.4 is 0 Å². The van der Waals surface area contributed by atoms with E-state index in [1.807, 2.05) is 19.1 Å². The normalized spacial score (nSPS) is 26.4. The van der Waals surface area contributed by atoms with Gasteiger partial charge in [-0.2, -0.15) is 12.5 Å². The third-order valence-electron chi connectivity index (χ3n) is 4.31. The maximum Gasteiger partial charge on any atom is 0.380 e. The van der Waals surface area contributed by atoms with Crippen LogP contribution in [0.25, 0.3) is 0 Å². The molecule has 0 aliphatic carbocycles. The Bertz CT molecular complexity index is 426. The number of allylic oxidation sites excluding steroid dienone is 2. The molecule has 8 heteroatoms. The van der Waals surface area contributed by atoms with Gasteiger partial charge in [0.1, 0.15) is 18.5 Å². The van der Waals surface area contributed by atoms with Crippen LogP contribution >= 0.6 is 21.6 Å².